The number of amides is 2. The third-order valence-electron chi connectivity index (χ3n) is 3.99. The molecule has 0 atom stereocenters. The van der Waals surface area contributed by atoms with Crippen LogP contribution in [0.25, 0.3) is 11.0 Å². The van der Waals surface area contributed by atoms with Crippen LogP contribution in [-0.4, -0.2) is 47.2 Å². The van der Waals surface area contributed by atoms with Gasteiger partial charge in [-0.3, -0.25) is 0 Å². The average Bonchev–Trinajstić information content (AvgIpc) is 3.00. The van der Waals surface area contributed by atoms with E-state index in [1.165, 1.54) is 0 Å². The first kappa shape index (κ1) is 13.9. The number of hydrogen-bond donors (Lipinski definition) is 2. The van der Waals surface area contributed by atoms with Crippen molar-refractivity contribution in [2.24, 2.45) is 0 Å². The number of H-pyrrole nitrogens is 1. The van der Waals surface area contributed by atoms with Gasteiger partial charge < -0.3 is 19.9 Å². The highest BCUT2D eigenvalue weighted by molar-refractivity contribution is 5.76. The number of nitrogens with zero attached hydrogens (tertiary/aromatic N) is 2. The summed E-state index contributed by atoms with van der Waals surface area (Å²) in [6.45, 7) is 2.03. The number of imidazole rings is 1. The number of fused-ring (bicyclic) bond motifs is 1. The zero-order valence-corrected chi connectivity index (χ0v) is 12.1. The Morgan fingerprint density at radius 1 is 1.48 bits per heavy atom. The van der Waals surface area contributed by atoms with Gasteiger partial charge in [0.05, 0.1) is 23.5 Å². The van der Waals surface area contributed by atoms with E-state index in [0.29, 0.717) is 6.54 Å². The molecule has 2 amide bonds. The summed E-state index contributed by atoms with van der Waals surface area (Å²) in [5.74, 6) is 0. The third kappa shape index (κ3) is 3.16. The number of likely N-dealkylation sites (tertiary alicyclic amines) is 1. The van der Waals surface area contributed by atoms with Crippen LogP contribution in [0, 0.1) is 0 Å². The molecular formula is C15H20N4O2. The monoisotopic (exact) mass is 288 g/mol. The minimum Gasteiger partial charge on any atom is -0.381 e. The number of nitrogens with one attached hydrogen (secondary N) is 2. The van der Waals surface area contributed by atoms with Crippen LogP contribution in [0.15, 0.2) is 24.5 Å². The molecule has 2 aromatic rings. The SMILES string of the molecule is COC1CCN(C(=O)NCc2ccc3nc[nH]c3c2)CC1. The summed E-state index contributed by atoms with van der Waals surface area (Å²) in [5.41, 5.74) is 2.99. The fraction of sp³-hybridized carbons (Fsp3) is 0.467. The number of hydrogen-bond acceptors (Lipinski definition) is 3. The van der Waals surface area contributed by atoms with Crippen molar-refractivity contribution in [2.45, 2.75) is 25.5 Å². The van der Waals surface area contributed by atoms with E-state index in [1.54, 1.807) is 13.4 Å². The molecule has 0 spiro atoms. The van der Waals surface area contributed by atoms with Gasteiger partial charge in [-0.1, -0.05) is 6.07 Å². The average molecular weight is 288 g/mol. The van der Waals surface area contributed by atoms with E-state index in [9.17, 15) is 4.79 Å². The van der Waals surface area contributed by atoms with Crippen LogP contribution < -0.4 is 5.32 Å². The van der Waals surface area contributed by atoms with E-state index in [0.717, 1.165) is 42.5 Å². The Hall–Kier alpha value is -2.08. The Bertz CT molecular complexity index is 617. The summed E-state index contributed by atoms with van der Waals surface area (Å²) < 4.78 is 5.31. The van der Waals surface area contributed by atoms with E-state index in [1.807, 2.05) is 23.1 Å². The van der Waals surface area contributed by atoms with Crippen LogP contribution in [0.4, 0.5) is 4.79 Å². The maximum absolute atomic E-state index is 12.1. The second kappa shape index (κ2) is 6.13. The molecule has 1 saturated heterocycles. The molecule has 1 fully saturated rings. The number of aromatic nitrogens is 2. The Morgan fingerprint density at radius 3 is 3.05 bits per heavy atom. The van der Waals surface area contributed by atoms with Gasteiger partial charge in [-0.25, -0.2) is 9.78 Å². The van der Waals surface area contributed by atoms with Gasteiger partial charge in [-0.05, 0) is 30.5 Å². The molecule has 2 heterocycles. The highest BCUT2D eigenvalue weighted by atomic mass is 16.5. The van der Waals surface area contributed by atoms with Gasteiger partial charge in [0, 0.05) is 26.7 Å². The Balaban J connectivity index is 1.53. The topological polar surface area (TPSA) is 70.2 Å². The van der Waals surface area contributed by atoms with Crippen LogP contribution in [0.2, 0.25) is 0 Å². The molecule has 1 aromatic carbocycles. The zero-order chi connectivity index (χ0) is 14.7. The van der Waals surface area contributed by atoms with Gasteiger partial charge in [0.1, 0.15) is 0 Å². The predicted octanol–water partition coefficient (Wildman–Crippen LogP) is 1.88. The van der Waals surface area contributed by atoms with Gasteiger partial charge in [-0.2, -0.15) is 0 Å². The Kier molecular flexibility index (Phi) is 4.06. The van der Waals surface area contributed by atoms with Crippen molar-refractivity contribution in [2.75, 3.05) is 20.2 Å². The summed E-state index contributed by atoms with van der Waals surface area (Å²) in [5, 5.41) is 2.97. The van der Waals surface area contributed by atoms with Crippen LogP contribution >= 0.6 is 0 Å². The Labute approximate surface area is 123 Å². The summed E-state index contributed by atoms with van der Waals surface area (Å²) in [4.78, 5) is 21.2. The number of carbonyl (C=O) groups excluding carboxylic acids is 1. The summed E-state index contributed by atoms with van der Waals surface area (Å²) in [6.07, 6.45) is 3.78. The van der Waals surface area contributed by atoms with Crippen molar-refractivity contribution in [1.82, 2.24) is 20.2 Å². The lowest BCUT2D eigenvalue weighted by atomic mass is 10.1. The smallest absolute Gasteiger partial charge is 0.317 e. The van der Waals surface area contributed by atoms with Gasteiger partial charge in [0.15, 0.2) is 0 Å². The first-order valence-corrected chi connectivity index (χ1v) is 7.24. The molecule has 0 aliphatic carbocycles. The number of ether oxygens (including phenoxy) is 1. The maximum atomic E-state index is 12.1. The normalized spacial score (nSPS) is 16.3. The van der Waals surface area contributed by atoms with Gasteiger partial charge in [-0.15, -0.1) is 0 Å². The largest absolute Gasteiger partial charge is 0.381 e. The van der Waals surface area contributed by atoms with E-state index < -0.39 is 0 Å². The van der Waals surface area contributed by atoms with Crippen molar-refractivity contribution >= 4 is 17.1 Å². The van der Waals surface area contributed by atoms with Crippen LogP contribution in [-0.2, 0) is 11.3 Å². The third-order valence-corrected chi connectivity index (χ3v) is 3.99. The number of rotatable bonds is 3. The number of carbonyl (C=O) groups is 1. The lowest BCUT2D eigenvalue weighted by Gasteiger charge is -2.31. The molecule has 21 heavy (non-hydrogen) atoms. The number of aromatic amines is 1. The van der Waals surface area contributed by atoms with Crippen LogP contribution in [0.3, 0.4) is 0 Å². The lowest BCUT2D eigenvalue weighted by Crippen LogP contribution is -2.45. The van der Waals surface area contributed by atoms with Crippen LogP contribution in [0.1, 0.15) is 18.4 Å². The van der Waals surface area contributed by atoms with Gasteiger partial charge >= 0.3 is 6.03 Å². The van der Waals surface area contributed by atoms with E-state index in [4.69, 9.17) is 4.74 Å². The van der Waals surface area contributed by atoms with Crippen LogP contribution in [0.5, 0.6) is 0 Å². The van der Waals surface area contributed by atoms with E-state index >= 15 is 0 Å². The molecule has 0 saturated carbocycles. The minimum atomic E-state index is -0.00531. The molecule has 3 rings (SSSR count). The first-order chi connectivity index (χ1) is 10.3. The highest BCUT2D eigenvalue weighted by Gasteiger charge is 2.22. The minimum absolute atomic E-state index is 0.00531. The molecule has 1 aliphatic rings. The molecule has 112 valence electrons. The van der Waals surface area contributed by atoms with Gasteiger partial charge in [0.2, 0.25) is 0 Å². The first-order valence-electron chi connectivity index (χ1n) is 7.24. The number of piperidine rings is 1. The van der Waals surface area contributed by atoms with Crippen molar-refractivity contribution in [3.63, 3.8) is 0 Å². The summed E-state index contributed by atoms with van der Waals surface area (Å²) in [7, 11) is 1.73. The molecular weight excluding hydrogens is 268 g/mol. The molecule has 0 radical (unpaired) electrons. The molecule has 0 bridgehead atoms. The van der Waals surface area contributed by atoms with Crippen molar-refractivity contribution < 1.29 is 9.53 Å². The predicted molar refractivity (Wildman–Crippen MR) is 79.9 cm³/mol. The van der Waals surface area contributed by atoms with Gasteiger partial charge in [0.25, 0.3) is 0 Å². The zero-order valence-electron chi connectivity index (χ0n) is 12.1. The number of benzene rings is 1. The van der Waals surface area contributed by atoms with Crippen molar-refractivity contribution in [3.05, 3.63) is 30.1 Å². The second-order valence-corrected chi connectivity index (χ2v) is 5.33. The fourth-order valence-electron chi connectivity index (χ4n) is 2.68. The summed E-state index contributed by atoms with van der Waals surface area (Å²) >= 11 is 0. The number of methoxy groups -OCH3 is 1. The highest BCUT2D eigenvalue weighted by Crippen LogP contribution is 2.14. The van der Waals surface area contributed by atoms with Crippen molar-refractivity contribution in [1.29, 1.82) is 0 Å². The maximum Gasteiger partial charge on any atom is 0.317 e. The standard InChI is InChI=1S/C15H20N4O2/c1-21-12-4-6-19(7-5-12)15(20)16-9-11-2-3-13-14(8-11)18-10-17-13/h2-3,8,10,12H,4-7,9H2,1H3,(H,16,20)(H,17,18). The molecule has 6 nitrogen and oxygen atoms in total. The molecule has 2 N–H and O–H groups in total. The summed E-state index contributed by atoms with van der Waals surface area (Å²) in [6, 6.07) is 5.95. The quantitative estimate of drug-likeness (QED) is 0.906. The fourth-order valence-corrected chi connectivity index (χ4v) is 2.68. The molecule has 1 aromatic heterocycles. The van der Waals surface area contributed by atoms with E-state index in [2.05, 4.69) is 15.3 Å². The lowest BCUT2D eigenvalue weighted by molar-refractivity contribution is 0.0503. The molecule has 6 heteroatoms. The molecule has 0 unspecified atom stereocenters. The Morgan fingerprint density at radius 2 is 2.29 bits per heavy atom. The number of urea groups is 1. The van der Waals surface area contributed by atoms with E-state index in [-0.39, 0.29) is 12.1 Å². The molecule has 1 aliphatic heterocycles. The second-order valence-electron chi connectivity index (χ2n) is 5.33. The van der Waals surface area contributed by atoms with Crippen molar-refractivity contribution in [3.8, 4) is 0 Å².